The van der Waals surface area contributed by atoms with Crippen LogP contribution in [-0.2, 0) is 4.74 Å². The molecule has 2 rings (SSSR count). The minimum Gasteiger partial charge on any atom is -0.365 e. The number of nitrogens with zero attached hydrogens (tertiary/aromatic N) is 1. The second kappa shape index (κ2) is 4.97. The largest absolute Gasteiger partial charge is 0.365 e. The summed E-state index contributed by atoms with van der Waals surface area (Å²) in [6, 6.07) is 8.55. The molecule has 1 heterocycles. The topological polar surface area (TPSA) is 12.5 Å². The predicted molar refractivity (Wildman–Crippen MR) is 62.0 cm³/mol. The molecule has 15 heavy (non-hydrogen) atoms. The highest BCUT2D eigenvalue weighted by Crippen LogP contribution is 2.27. The molecule has 1 fully saturated rings. The molecule has 0 radical (unpaired) electrons. The van der Waals surface area contributed by atoms with Crippen LogP contribution in [0.15, 0.2) is 24.3 Å². The fourth-order valence-electron chi connectivity index (χ4n) is 2.09. The van der Waals surface area contributed by atoms with Crippen LogP contribution in [0.5, 0.6) is 0 Å². The van der Waals surface area contributed by atoms with Crippen molar-refractivity contribution in [2.45, 2.75) is 19.4 Å². The predicted octanol–water partition coefficient (Wildman–Crippen LogP) is 3.08. The lowest BCUT2D eigenvalue weighted by Gasteiger charge is -2.25. The van der Waals surface area contributed by atoms with Gasteiger partial charge in [0.1, 0.15) is 0 Å². The molecule has 1 aliphatic rings. The van der Waals surface area contributed by atoms with E-state index in [-0.39, 0.29) is 0 Å². The van der Waals surface area contributed by atoms with Crippen LogP contribution >= 0.6 is 11.6 Å². The highest BCUT2D eigenvalue weighted by molar-refractivity contribution is 6.30. The van der Waals surface area contributed by atoms with Crippen molar-refractivity contribution in [3.8, 4) is 0 Å². The molecule has 1 atom stereocenters. The zero-order chi connectivity index (χ0) is 10.7. The summed E-state index contributed by atoms with van der Waals surface area (Å²) in [7, 11) is 0. The molecule has 0 spiro atoms. The van der Waals surface area contributed by atoms with E-state index in [4.69, 9.17) is 16.3 Å². The minimum atomic E-state index is 0.436. The number of ether oxygens (including phenoxy) is 1. The Bertz CT molecular complexity index is 323. The number of rotatable bonds is 3. The lowest BCUT2D eigenvalue weighted by Crippen LogP contribution is -2.25. The van der Waals surface area contributed by atoms with Gasteiger partial charge in [0, 0.05) is 17.6 Å². The molecule has 1 aromatic rings. The first-order valence-electron chi connectivity index (χ1n) is 5.38. The minimum absolute atomic E-state index is 0.436. The normalized spacial score (nSPS) is 19.3. The molecule has 82 valence electrons. The molecular formula is C12H16ClNO. The Morgan fingerprint density at radius 1 is 1.53 bits per heavy atom. The maximum absolute atomic E-state index is 6.00. The summed E-state index contributed by atoms with van der Waals surface area (Å²) in [5, 5.41) is 0.811. The number of hydrogen-bond acceptors (Lipinski definition) is 2. The van der Waals surface area contributed by atoms with Crippen LogP contribution in [0.25, 0.3) is 0 Å². The molecule has 0 bridgehead atoms. The van der Waals surface area contributed by atoms with Crippen molar-refractivity contribution in [2.24, 2.45) is 0 Å². The van der Waals surface area contributed by atoms with Gasteiger partial charge < -0.3 is 4.74 Å². The Hall–Kier alpha value is -0.570. The van der Waals surface area contributed by atoms with Crippen molar-refractivity contribution in [1.82, 2.24) is 4.90 Å². The van der Waals surface area contributed by atoms with Crippen LogP contribution in [0.1, 0.15) is 24.9 Å². The number of halogens is 1. The monoisotopic (exact) mass is 225 g/mol. The summed E-state index contributed by atoms with van der Waals surface area (Å²) in [5.74, 6) is 0. The van der Waals surface area contributed by atoms with Gasteiger partial charge in [0.25, 0.3) is 0 Å². The highest BCUT2D eigenvalue weighted by Gasteiger charge is 2.22. The van der Waals surface area contributed by atoms with Gasteiger partial charge in [-0.25, -0.2) is 0 Å². The van der Waals surface area contributed by atoms with E-state index in [1.807, 2.05) is 18.2 Å². The van der Waals surface area contributed by atoms with E-state index in [0.717, 1.165) is 31.3 Å². The molecule has 0 aromatic heterocycles. The van der Waals surface area contributed by atoms with Crippen molar-refractivity contribution >= 4 is 11.6 Å². The third-order valence-corrected chi connectivity index (χ3v) is 3.08. The first-order chi connectivity index (χ1) is 7.31. The first-order valence-corrected chi connectivity index (χ1v) is 5.76. The first kappa shape index (κ1) is 10.9. The van der Waals surface area contributed by atoms with Crippen molar-refractivity contribution in [2.75, 3.05) is 19.9 Å². The standard InChI is InChI=1S/C12H16ClNO/c1-2-12(14-6-7-15-9-14)10-4-3-5-11(13)8-10/h3-5,8,12H,2,6-7,9H2,1H3. The summed E-state index contributed by atoms with van der Waals surface area (Å²) < 4.78 is 5.38. The van der Waals surface area contributed by atoms with Crippen molar-refractivity contribution in [1.29, 1.82) is 0 Å². The smallest absolute Gasteiger partial charge is 0.0996 e. The molecule has 0 saturated carbocycles. The van der Waals surface area contributed by atoms with Crippen LogP contribution in [-0.4, -0.2) is 24.8 Å². The van der Waals surface area contributed by atoms with Crippen LogP contribution in [0.2, 0.25) is 5.02 Å². The maximum atomic E-state index is 6.00. The van der Waals surface area contributed by atoms with Gasteiger partial charge in [-0.1, -0.05) is 30.7 Å². The second-order valence-electron chi connectivity index (χ2n) is 3.83. The lowest BCUT2D eigenvalue weighted by atomic mass is 10.0. The van der Waals surface area contributed by atoms with E-state index < -0.39 is 0 Å². The molecule has 0 N–H and O–H groups in total. The zero-order valence-electron chi connectivity index (χ0n) is 8.95. The van der Waals surface area contributed by atoms with Gasteiger partial charge in [-0.3, -0.25) is 4.90 Å². The van der Waals surface area contributed by atoms with Gasteiger partial charge in [0.05, 0.1) is 13.3 Å². The summed E-state index contributed by atoms with van der Waals surface area (Å²) >= 11 is 6.00. The van der Waals surface area contributed by atoms with Gasteiger partial charge in [-0.05, 0) is 24.1 Å². The van der Waals surface area contributed by atoms with E-state index in [2.05, 4.69) is 17.9 Å². The van der Waals surface area contributed by atoms with E-state index in [1.54, 1.807) is 0 Å². The lowest BCUT2D eigenvalue weighted by molar-refractivity contribution is 0.112. The molecule has 0 aliphatic carbocycles. The van der Waals surface area contributed by atoms with Crippen LogP contribution < -0.4 is 0 Å². The Morgan fingerprint density at radius 3 is 3.00 bits per heavy atom. The van der Waals surface area contributed by atoms with Crippen LogP contribution in [0, 0.1) is 0 Å². The average molecular weight is 226 g/mol. The fraction of sp³-hybridized carbons (Fsp3) is 0.500. The third kappa shape index (κ3) is 2.51. The van der Waals surface area contributed by atoms with E-state index in [9.17, 15) is 0 Å². The summed E-state index contributed by atoms with van der Waals surface area (Å²) in [4.78, 5) is 2.35. The fourth-order valence-corrected chi connectivity index (χ4v) is 2.29. The quantitative estimate of drug-likeness (QED) is 0.784. The second-order valence-corrected chi connectivity index (χ2v) is 4.27. The molecule has 0 amide bonds. The molecule has 3 heteroatoms. The molecule has 1 aromatic carbocycles. The van der Waals surface area contributed by atoms with E-state index in [1.165, 1.54) is 5.56 Å². The van der Waals surface area contributed by atoms with E-state index in [0.29, 0.717) is 6.04 Å². The van der Waals surface area contributed by atoms with Gasteiger partial charge in [-0.15, -0.1) is 0 Å². The van der Waals surface area contributed by atoms with Gasteiger partial charge >= 0.3 is 0 Å². The summed E-state index contributed by atoms with van der Waals surface area (Å²) in [5.41, 5.74) is 1.29. The van der Waals surface area contributed by atoms with E-state index >= 15 is 0 Å². The molecule has 1 saturated heterocycles. The Labute approximate surface area is 95.8 Å². The number of hydrogen-bond donors (Lipinski definition) is 0. The van der Waals surface area contributed by atoms with Gasteiger partial charge in [0.15, 0.2) is 0 Å². The third-order valence-electron chi connectivity index (χ3n) is 2.84. The zero-order valence-corrected chi connectivity index (χ0v) is 9.70. The van der Waals surface area contributed by atoms with Gasteiger partial charge in [0.2, 0.25) is 0 Å². The average Bonchev–Trinajstić information content (AvgIpc) is 2.72. The molecule has 1 unspecified atom stereocenters. The van der Waals surface area contributed by atoms with Crippen molar-refractivity contribution < 1.29 is 4.74 Å². The molecule has 2 nitrogen and oxygen atoms in total. The van der Waals surface area contributed by atoms with Crippen LogP contribution in [0.4, 0.5) is 0 Å². The molecule has 1 aliphatic heterocycles. The molecular weight excluding hydrogens is 210 g/mol. The van der Waals surface area contributed by atoms with Crippen molar-refractivity contribution in [3.05, 3.63) is 34.9 Å². The summed E-state index contributed by atoms with van der Waals surface area (Å²) in [6.45, 7) is 4.80. The Balaban J connectivity index is 2.18. The van der Waals surface area contributed by atoms with Gasteiger partial charge in [-0.2, -0.15) is 0 Å². The maximum Gasteiger partial charge on any atom is 0.0996 e. The van der Waals surface area contributed by atoms with Crippen molar-refractivity contribution in [3.63, 3.8) is 0 Å². The highest BCUT2D eigenvalue weighted by atomic mass is 35.5. The Morgan fingerprint density at radius 2 is 2.40 bits per heavy atom. The number of benzene rings is 1. The SMILES string of the molecule is CCC(c1cccc(Cl)c1)N1CCOC1. The Kier molecular flexibility index (Phi) is 3.62. The summed E-state index contributed by atoms with van der Waals surface area (Å²) in [6.07, 6.45) is 1.09. The van der Waals surface area contributed by atoms with Crippen LogP contribution in [0.3, 0.4) is 0 Å².